The van der Waals surface area contributed by atoms with E-state index in [-0.39, 0.29) is 11.0 Å². The number of nitrogens with zero attached hydrogens (tertiary/aromatic N) is 4. The van der Waals surface area contributed by atoms with Crippen molar-refractivity contribution in [1.82, 2.24) is 25.1 Å². The molecule has 2 N–H and O–H groups in total. The van der Waals surface area contributed by atoms with Gasteiger partial charge in [0.25, 0.3) is 5.91 Å². The number of hydrogen-bond acceptors (Lipinski definition) is 6. The van der Waals surface area contributed by atoms with Crippen molar-refractivity contribution in [2.75, 3.05) is 5.32 Å². The topological polar surface area (TPSA) is 84.2 Å². The van der Waals surface area contributed by atoms with Gasteiger partial charge in [-0.05, 0) is 54.7 Å². The zero-order valence-corrected chi connectivity index (χ0v) is 16.0. The highest BCUT2D eigenvalue weighted by molar-refractivity contribution is 7.80. The van der Waals surface area contributed by atoms with Crippen LogP contribution in [-0.2, 0) is 0 Å². The first-order valence-corrected chi connectivity index (χ1v) is 9.34. The number of rotatable bonds is 3. The van der Waals surface area contributed by atoms with Gasteiger partial charge >= 0.3 is 0 Å². The van der Waals surface area contributed by atoms with E-state index >= 15 is 0 Å². The smallest absolute Gasteiger partial charge is 0.257 e. The lowest BCUT2D eigenvalue weighted by Crippen LogP contribution is -2.34. The van der Waals surface area contributed by atoms with Crippen LogP contribution in [0.5, 0.6) is 0 Å². The SMILES string of the molecule is O=C(NC(=S)Nc1ccc(-c2nn3cnnc3s2)cc1)c1cccc(Cl)c1. The highest BCUT2D eigenvalue weighted by Gasteiger charge is 2.10. The molecule has 0 atom stereocenters. The number of benzene rings is 2. The van der Waals surface area contributed by atoms with Crippen LogP contribution in [0.2, 0.25) is 5.02 Å². The lowest BCUT2D eigenvalue weighted by molar-refractivity contribution is 0.0977. The minimum Gasteiger partial charge on any atom is -0.332 e. The van der Waals surface area contributed by atoms with Crippen molar-refractivity contribution in [2.24, 2.45) is 0 Å². The number of aromatic nitrogens is 4. The van der Waals surface area contributed by atoms with Crippen LogP contribution in [0.3, 0.4) is 0 Å². The summed E-state index contributed by atoms with van der Waals surface area (Å²) >= 11 is 12.5. The van der Waals surface area contributed by atoms with Gasteiger partial charge in [0.1, 0.15) is 11.3 Å². The standard InChI is InChI=1S/C17H11ClN6OS2/c18-12-3-1-2-11(8-12)14(25)21-16(26)20-13-6-4-10(5-7-13)15-23-24-9-19-22-17(24)27-15/h1-9H,(H2,20,21,25,26). The molecule has 0 fully saturated rings. The molecule has 134 valence electrons. The zero-order valence-electron chi connectivity index (χ0n) is 13.6. The molecule has 2 aromatic heterocycles. The van der Waals surface area contributed by atoms with Gasteiger partial charge in [-0.3, -0.25) is 10.1 Å². The summed E-state index contributed by atoms with van der Waals surface area (Å²) in [7, 11) is 0. The number of carbonyl (C=O) groups excluding carboxylic acids is 1. The molecule has 4 rings (SSSR count). The monoisotopic (exact) mass is 414 g/mol. The molecule has 0 saturated carbocycles. The number of amides is 1. The van der Waals surface area contributed by atoms with Crippen molar-refractivity contribution in [3.63, 3.8) is 0 Å². The molecule has 0 radical (unpaired) electrons. The molecule has 1 amide bonds. The second-order valence-electron chi connectivity index (χ2n) is 5.46. The Labute approximate surface area is 168 Å². The quantitative estimate of drug-likeness (QED) is 0.498. The van der Waals surface area contributed by atoms with Crippen molar-refractivity contribution in [1.29, 1.82) is 0 Å². The van der Waals surface area contributed by atoms with Gasteiger partial charge in [0.05, 0.1) is 0 Å². The third-order valence-electron chi connectivity index (χ3n) is 3.59. The summed E-state index contributed by atoms with van der Waals surface area (Å²) in [5.41, 5.74) is 2.13. The van der Waals surface area contributed by atoms with Crippen LogP contribution in [0.4, 0.5) is 5.69 Å². The van der Waals surface area contributed by atoms with Gasteiger partial charge in [-0.2, -0.15) is 9.61 Å². The molecule has 10 heteroatoms. The lowest BCUT2D eigenvalue weighted by Gasteiger charge is -2.10. The number of nitrogens with one attached hydrogen (secondary N) is 2. The molecule has 0 aliphatic carbocycles. The molecule has 0 saturated heterocycles. The van der Waals surface area contributed by atoms with Crippen LogP contribution in [0, 0.1) is 0 Å². The van der Waals surface area contributed by atoms with E-state index in [4.69, 9.17) is 23.8 Å². The molecule has 2 aromatic carbocycles. The number of hydrogen-bond donors (Lipinski definition) is 2. The highest BCUT2D eigenvalue weighted by atomic mass is 35.5. The predicted octanol–water partition coefficient (Wildman–Crippen LogP) is 3.63. The van der Waals surface area contributed by atoms with Crippen molar-refractivity contribution in [2.45, 2.75) is 0 Å². The largest absolute Gasteiger partial charge is 0.332 e. The van der Waals surface area contributed by atoms with Crippen molar-refractivity contribution in [3.05, 3.63) is 65.4 Å². The van der Waals surface area contributed by atoms with E-state index in [1.165, 1.54) is 11.3 Å². The maximum absolute atomic E-state index is 12.2. The summed E-state index contributed by atoms with van der Waals surface area (Å²) in [4.78, 5) is 12.9. The number of fused-ring (bicyclic) bond motifs is 1. The lowest BCUT2D eigenvalue weighted by atomic mass is 10.2. The molecule has 0 unspecified atom stereocenters. The van der Waals surface area contributed by atoms with E-state index in [2.05, 4.69) is 25.9 Å². The average Bonchev–Trinajstić information content (AvgIpc) is 3.24. The first kappa shape index (κ1) is 17.5. The Bertz CT molecular complexity index is 1110. The molecular weight excluding hydrogens is 404 g/mol. The molecular formula is C17H11ClN6OS2. The van der Waals surface area contributed by atoms with Gasteiger partial charge in [-0.15, -0.1) is 10.2 Å². The molecule has 0 aliphatic rings. The van der Waals surface area contributed by atoms with Crippen LogP contribution in [0.1, 0.15) is 10.4 Å². The van der Waals surface area contributed by atoms with Crippen molar-refractivity contribution < 1.29 is 4.79 Å². The normalized spacial score (nSPS) is 10.7. The highest BCUT2D eigenvalue weighted by Crippen LogP contribution is 2.25. The third kappa shape index (κ3) is 3.95. The van der Waals surface area contributed by atoms with E-state index < -0.39 is 0 Å². The van der Waals surface area contributed by atoms with E-state index in [1.807, 2.05) is 24.3 Å². The second kappa shape index (κ2) is 7.39. The summed E-state index contributed by atoms with van der Waals surface area (Å²) in [6.07, 6.45) is 1.56. The van der Waals surface area contributed by atoms with Gasteiger partial charge in [-0.25, -0.2) is 0 Å². The summed E-state index contributed by atoms with van der Waals surface area (Å²) in [6.45, 7) is 0. The first-order chi connectivity index (χ1) is 13.1. The summed E-state index contributed by atoms with van der Waals surface area (Å²) in [5, 5.41) is 19.3. The number of anilines is 1. The molecule has 0 bridgehead atoms. The molecule has 7 nitrogen and oxygen atoms in total. The van der Waals surface area contributed by atoms with E-state index in [0.29, 0.717) is 10.6 Å². The Kier molecular flexibility index (Phi) is 4.80. The molecule has 0 spiro atoms. The Morgan fingerprint density at radius 3 is 2.74 bits per heavy atom. The average molecular weight is 415 g/mol. The Morgan fingerprint density at radius 2 is 2.00 bits per heavy atom. The molecule has 2 heterocycles. The van der Waals surface area contributed by atoms with Gasteiger partial charge < -0.3 is 5.32 Å². The van der Waals surface area contributed by atoms with Gasteiger partial charge in [0.2, 0.25) is 4.96 Å². The van der Waals surface area contributed by atoms with Crippen molar-refractivity contribution >= 4 is 56.8 Å². The number of carbonyl (C=O) groups is 1. The summed E-state index contributed by atoms with van der Waals surface area (Å²) < 4.78 is 1.63. The number of thiocarbonyl (C=S) groups is 1. The van der Waals surface area contributed by atoms with Crippen LogP contribution >= 0.6 is 35.2 Å². The summed E-state index contributed by atoms with van der Waals surface area (Å²) in [5.74, 6) is -0.327. The Balaban J connectivity index is 1.41. The van der Waals surface area contributed by atoms with E-state index in [9.17, 15) is 4.79 Å². The van der Waals surface area contributed by atoms with Gasteiger partial charge in [0, 0.05) is 21.8 Å². The zero-order chi connectivity index (χ0) is 18.8. The predicted molar refractivity (Wildman–Crippen MR) is 109 cm³/mol. The minimum absolute atomic E-state index is 0.200. The minimum atomic E-state index is -0.327. The Hall–Kier alpha value is -2.88. The first-order valence-electron chi connectivity index (χ1n) is 7.74. The van der Waals surface area contributed by atoms with Crippen LogP contribution in [-0.4, -0.2) is 30.8 Å². The van der Waals surface area contributed by atoms with Crippen LogP contribution < -0.4 is 10.6 Å². The van der Waals surface area contributed by atoms with Crippen LogP contribution in [0.25, 0.3) is 15.5 Å². The molecule has 27 heavy (non-hydrogen) atoms. The van der Waals surface area contributed by atoms with Crippen LogP contribution in [0.15, 0.2) is 54.9 Å². The van der Waals surface area contributed by atoms with E-state index in [1.54, 1.807) is 35.1 Å². The fourth-order valence-electron chi connectivity index (χ4n) is 2.34. The van der Waals surface area contributed by atoms with Gasteiger partial charge in [0.15, 0.2) is 5.11 Å². The molecule has 4 aromatic rings. The third-order valence-corrected chi connectivity index (χ3v) is 4.99. The fraction of sp³-hybridized carbons (Fsp3) is 0. The Morgan fingerprint density at radius 1 is 1.19 bits per heavy atom. The number of halogens is 1. The fourth-order valence-corrected chi connectivity index (χ4v) is 3.57. The maximum Gasteiger partial charge on any atom is 0.257 e. The maximum atomic E-state index is 12.2. The summed E-state index contributed by atoms with van der Waals surface area (Å²) in [6, 6.07) is 14.2. The second-order valence-corrected chi connectivity index (χ2v) is 7.26. The molecule has 0 aliphatic heterocycles. The van der Waals surface area contributed by atoms with Gasteiger partial charge in [-0.1, -0.05) is 29.0 Å². The van der Waals surface area contributed by atoms with E-state index in [0.717, 1.165) is 21.2 Å². The van der Waals surface area contributed by atoms with Crippen molar-refractivity contribution in [3.8, 4) is 10.6 Å².